The van der Waals surface area contributed by atoms with Crippen LogP contribution in [0.15, 0.2) is 18.2 Å². The van der Waals surface area contributed by atoms with Crippen LogP contribution in [0.25, 0.3) is 0 Å². The van der Waals surface area contributed by atoms with Gasteiger partial charge in [-0.3, -0.25) is 20.9 Å². The molecule has 0 aromatic heterocycles. The van der Waals surface area contributed by atoms with Crippen molar-refractivity contribution < 1.29 is 4.92 Å². The number of hydrogen-bond donors (Lipinski definition) is 2. The van der Waals surface area contributed by atoms with Crippen LogP contribution in [-0.4, -0.2) is 47.4 Å². The van der Waals surface area contributed by atoms with Crippen molar-refractivity contribution in [2.75, 3.05) is 32.1 Å². The molecule has 1 saturated heterocycles. The highest BCUT2D eigenvalue weighted by molar-refractivity contribution is 5.55. The maximum absolute atomic E-state index is 10.9. The van der Waals surface area contributed by atoms with Gasteiger partial charge in [-0.25, -0.2) is 0 Å². The highest BCUT2D eigenvalue weighted by Gasteiger charge is 2.23. The Morgan fingerprint density at radius 3 is 2.85 bits per heavy atom. The van der Waals surface area contributed by atoms with E-state index in [0.29, 0.717) is 12.6 Å². The minimum Gasteiger partial charge on any atom is -0.324 e. The van der Waals surface area contributed by atoms with Crippen LogP contribution in [0.4, 0.5) is 11.4 Å². The molecule has 7 heteroatoms. The first-order chi connectivity index (χ1) is 9.51. The van der Waals surface area contributed by atoms with Crippen LogP contribution in [-0.2, 0) is 6.54 Å². The fourth-order valence-corrected chi connectivity index (χ4v) is 2.60. The van der Waals surface area contributed by atoms with E-state index in [1.54, 1.807) is 12.1 Å². The molecule has 20 heavy (non-hydrogen) atoms. The van der Waals surface area contributed by atoms with Crippen LogP contribution in [0.5, 0.6) is 0 Å². The fraction of sp³-hybridized carbons (Fsp3) is 0.538. The van der Waals surface area contributed by atoms with Gasteiger partial charge in [-0.2, -0.15) is 0 Å². The summed E-state index contributed by atoms with van der Waals surface area (Å²) >= 11 is 0. The smallest absolute Gasteiger partial charge is 0.269 e. The lowest BCUT2D eigenvalue weighted by Crippen LogP contribution is -2.49. The number of anilines is 1. The highest BCUT2D eigenvalue weighted by atomic mass is 16.6. The van der Waals surface area contributed by atoms with Gasteiger partial charge in [0, 0.05) is 44.4 Å². The van der Waals surface area contributed by atoms with E-state index in [4.69, 9.17) is 5.84 Å². The summed E-state index contributed by atoms with van der Waals surface area (Å²) in [6, 6.07) is 5.14. The molecule has 110 valence electrons. The first-order valence-corrected chi connectivity index (χ1v) is 6.67. The van der Waals surface area contributed by atoms with Gasteiger partial charge in [0.25, 0.3) is 5.69 Å². The van der Waals surface area contributed by atoms with Gasteiger partial charge in [0.2, 0.25) is 0 Å². The molecule has 1 atom stereocenters. The topological polar surface area (TPSA) is 87.7 Å². The average Bonchev–Trinajstić information content (AvgIpc) is 2.41. The molecule has 7 nitrogen and oxygen atoms in total. The van der Waals surface area contributed by atoms with Crippen LogP contribution in [0, 0.1) is 10.1 Å². The Labute approximate surface area is 118 Å². The van der Waals surface area contributed by atoms with Gasteiger partial charge in [-0.1, -0.05) is 0 Å². The average molecular weight is 279 g/mol. The quantitative estimate of drug-likeness (QED) is 0.486. The number of rotatable bonds is 4. The molecule has 1 aliphatic rings. The second-order valence-corrected chi connectivity index (χ2v) is 5.32. The SMILES string of the molecule is CC1CN(C)CCN1Cc1cc([N+](=O)[O-])ccc1NN. The van der Waals surface area contributed by atoms with Crippen molar-refractivity contribution in [2.24, 2.45) is 5.84 Å². The van der Waals surface area contributed by atoms with E-state index in [1.165, 1.54) is 6.07 Å². The molecular weight excluding hydrogens is 258 g/mol. The lowest BCUT2D eigenvalue weighted by molar-refractivity contribution is -0.384. The Kier molecular flexibility index (Phi) is 4.53. The normalized spacial score (nSPS) is 20.9. The maximum Gasteiger partial charge on any atom is 0.269 e. The molecule has 3 N–H and O–H groups in total. The molecule has 1 aliphatic heterocycles. The molecule has 2 rings (SSSR count). The number of nitrogen functional groups attached to an aromatic ring is 1. The van der Waals surface area contributed by atoms with E-state index in [2.05, 4.69) is 29.2 Å². The number of nitro benzene ring substituents is 1. The third-order valence-corrected chi connectivity index (χ3v) is 3.80. The summed E-state index contributed by atoms with van der Waals surface area (Å²) in [7, 11) is 2.11. The van der Waals surface area contributed by atoms with Crippen molar-refractivity contribution in [3.05, 3.63) is 33.9 Å². The maximum atomic E-state index is 10.9. The van der Waals surface area contributed by atoms with Gasteiger partial charge in [-0.15, -0.1) is 0 Å². The molecule has 0 bridgehead atoms. The van der Waals surface area contributed by atoms with Crippen LogP contribution in [0.3, 0.4) is 0 Å². The second kappa shape index (κ2) is 6.17. The number of nitrogens with zero attached hydrogens (tertiary/aromatic N) is 3. The molecular formula is C13H21N5O2. The molecule has 1 heterocycles. The summed E-state index contributed by atoms with van der Waals surface area (Å²) in [5.41, 5.74) is 4.31. The highest BCUT2D eigenvalue weighted by Crippen LogP contribution is 2.24. The van der Waals surface area contributed by atoms with E-state index < -0.39 is 0 Å². The van der Waals surface area contributed by atoms with E-state index in [0.717, 1.165) is 30.9 Å². The number of nitrogens with one attached hydrogen (secondary N) is 1. The lowest BCUT2D eigenvalue weighted by atomic mass is 10.1. The number of hydrogen-bond acceptors (Lipinski definition) is 6. The summed E-state index contributed by atoms with van der Waals surface area (Å²) < 4.78 is 0. The van der Waals surface area contributed by atoms with Gasteiger partial charge in [-0.05, 0) is 25.6 Å². The van der Waals surface area contributed by atoms with Gasteiger partial charge in [0.05, 0.1) is 10.6 Å². The monoisotopic (exact) mass is 279 g/mol. The second-order valence-electron chi connectivity index (χ2n) is 5.32. The molecule has 0 spiro atoms. The van der Waals surface area contributed by atoms with Crippen LogP contribution in [0.1, 0.15) is 12.5 Å². The van der Waals surface area contributed by atoms with Crippen LogP contribution < -0.4 is 11.3 Å². The number of likely N-dealkylation sites (N-methyl/N-ethyl adjacent to an activating group) is 1. The summed E-state index contributed by atoms with van der Waals surface area (Å²) in [6.45, 7) is 5.79. The molecule has 0 saturated carbocycles. The van der Waals surface area contributed by atoms with Crippen molar-refractivity contribution >= 4 is 11.4 Å². The van der Waals surface area contributed by atoms with Gasteiger partial charge in [0.15, 0.2) is 0 Å². The standard InChI is InChI=1S/C13H21N5O2/c1-10-8-16(2)5-6-17(10)9-11-7-12(18(19)20)3-4-13(11)15-14/h3-4,7,10,15H,5-6,8-9,14H2,1-2H3. The number of non-ortho nitro benzene ring substituents is 1. The number of nitrogens with two attached hydrogens (primary N) is 1. The van der Waals surface area contributed by atoms with E-state index in [-0.39, 0.29) is 10.6 Å². The Hall–Kier alpha value is -1.70. The molecule has 1 unspecified atom stereocenters. The van der Waals surface area contributed by atoms with Gasteiger partial charge >= 0.3 is 0 Å². The van der Waals surface area contributed by atoms with E-state index >= 15 is 0 Å². The van der Waals surface area contributed by atoms with Gasteiger partial charge in [0.1, 0.15) is 0 Å². The van der Waals surface area contributed by atoms with E-state index in [9.17, 15) is 10.1 Å². The summed E-state index contributed by atoms with van der Waals surface area (Å²) in [4.78, 5) is 15.1. The van der Waals surface area contributed by atoms with Gasteiger partial charge < -0.3 is 10.3 Å². The fourth-order valence-electron chi connectivity index (χ4n) is 2.60. The minimum absolute atomic E-state index is 0.0979. The van der Waals surface area contributed by atoms with Crippen LogP contribution >= 0.6 is 0 Å². The Morgan fingerprint density at radius 1 is 1.50 bits per heavy atom. The summed E-state index contributed by atoms with van der Waals surface area (Å²) in [5, 5.41) is 10.9. The first kappa shape index (κ1) is 14.7. The third-order valence-electron chi connectivity index (χ3n) is 3.80. The summed E-state index contributed by atoms with van der Waals surface area (Å²) in [5.74, 6) is 5.49. The minimum atomic E-state index is -0.378. The van der Waals surface area contributed by atoms with Crippen molar-refractivity contribution in [2.45, 2.75) is 19.5 Å². The predicted octanol–water partition coefficient (Wildman–Crippen LogP) is 1.02. The molecule has 0 aliphatic carbocycles. The molecule has 1 fully saturated rings. The largest absolute Gasteiger partial charge is 0.324 e. The number of benzene rings is 1. The van der Waals surface area contributed by atoms with Crippen molar-refractivity contribution in [1.29, 1.82) is 0 Å². The Bertz CT molecular complexity index is 494. The first-order valence-electron chi connectivity index (χ1n) is 6.67. The van der Waals surface area contributed by atoms with Crippen molar-refractivity contribution in [1.82, 2.24) is 9.80 Å². The molecule has 0 radical (unpaired) electrons. The zero-order valence-electron chi connectivity index (χ0n) is 11.9. The number of hydrazine groups is 1. The zero-order chi connectivity index (χ0) is 14.7. The third kappa shape index (κ3) is 3.24. The summed E-state index contributed by atoms with van der Waals surface area (Å²) in [6.07, 6.45) is 0. The van der Waals surface area contributed by atoms with Crippen LogP contribution in [0.2, 0.25) is 0 Å². The number of piperazine rings is 1. The molecule has 0 amide bonds. The van der Waals surface area contributed by atoms with E-state index in [1.807, 2.05) is 0 Å². The number of nitro groups is 1. The van der Waals surface area contributed by atoms with Crippen molar-refractivity contribution in [3.8, 4) is 0 Å². The molecule has 1 aromatic rings. The predicted molar refractivity (Wildman–Crippen MR) is 78.3 cm³/mol. The lowest BCUT2D eigenvalue weighted by Gasteiger charge is -2.38. The Balaban J connectivity index is 2.18. The van der Waals surface area contributed by atoms with Crippen molar-refractivity contribution in [3.63, 3.8) is 0 Å². The zero-order valence-corrected chi connectivity index (χ0v) is 11.9. The Morgan fingerprint density at radius 2 is 2.25 bits per heavy atom. The molecule has 1 aromatic carbocycles.